The predicted octanol–water partition coefficient (Wildman–Crippen LogP) is 3.49. The van der Waals surface area contributed by atoms with Gasteiger partial charge in [-0.1, -0.05) is 60.7 Å². The zero-order chi connectivity index (χ0) is 20.4. The highest BCUT2D eigenvalue weighted by atomic mass is 35.5. The molecular weight excluding hydrogens is 390 g/mol. The molecule has 0 aliphatic carbocycles. The summed E-state index contributed by atoms with van der Waals surface area (Å²) in [6.45, 7) is 4.66. The molecule has 0 aliphatic heterocycles. The fourth-order valence-electron chi connectivity index (χ4n) is 2.93. The molecule has 2 rings (SSSR count). The molecule has 6 nitrogen and oxygen atoms in total. The maximum absolute atomic E-state index is 11.8. The van der Waals surface area contributed by atoms with Gasteiger partial charge in [0.25, 0.3) is 0 Å². The minimum absolute atomic E-state index is 0. The number of ether oxygens (including phenoxy) is 1. The topological polar surface area (TPSA) is 93.4 Å². The smallest absolute Gasteiger partial charge is 0.407 e. The Hall–Kier alpha value is -2.57. The molecular formula is C22H30ClN3O3. The van der Waals surface area contributed by atoms with Crippen molar-refractivity contribution in [3.05, 3.63) is 71.8 Å². The Morgan fingerprint density at radius 1 is 1.03 bits per heavy atom. The number of alkyl carbamates (subject to hydrolysis) is 1. The van der Waals surface area contributed by atoms with Crippen LogP contribution in [0.5, 0.6) is 0 Å². The number of hydrogen-bond acceptors (Lipinski definition) is 4. The number of nitrogens with one attached hydrogen (secondary N) is 2. The summed E-state index contributed by atoms with van der Waals surface area (Å²) in [5.41, 5.74) is 7.17. The number of carbonyl (C=O) groups excluding carboxylic acids is 2. The van der Waals surface area contributed by atoms with Gasteiger partial charge < -0.3 is 15.8 Å². The molecule has 0 aliphatic rings. The quantitative estimate of drug-likeness (QED) is 0.514. The van der Waals surface area contributed by atoms with E-state index in [0.29, 0.717) is 19.4 Å². The molecule has 0 aromatic heterocycles. The second kappa shape index (κ2) is 12.1. The molecule has 0 saturated heterocycles. The van der Waals surface area contributed by atoms with Crippen LogP contribution < -0.4 is 16.4 Å². The monoisotopic (exact) mass is 419 g/mol. The number of benzene rings is 2. The van der Waals surface area contributed by atoms with E-state index in [1.54, 1.807) is 0 Å². The normalized spacial score (nSPS) is 11.8. The first kappa shape index (κ1) is 24.5. The van der Waals surface area contributed by atoms with E-state index in [1.165, 1.54) is 0 Å². The zero-order valence-electron chi connectivity index (χ0n) is 16.9. The second-order valence-corrected chi connectivity index (χ2v) is 7.22. The number of amides is 2. The third-order valence-electron chi connectivity index (χ3n) is 4.53. The van der Waals surface area contributed by atoms with Crippen molar-refractivity contribution in [3.8, 4) is 0 Å². The maximum atomic E-state index is 11.8. The highest BCUT2D eigenvalue weighted by Gasteiger charge is 2.26. The molecule has 0 bridgehead atoms. The van der Waals surface area contributed by atoms with E-state index in [9.17, 15) is 9.59 Å². The standard InChI is InChI=1S/C22H29N3O3.ClH/c1-22(2,18-12-7-4-8-13-18)25-19(20(23)26)14-9-15-24-21(27)28-16-17-10-5-3-6-11-17;/h3-8,10-13,19,25H,9,14-16H2,1-2H3,(H2,23,26)(H,24,27);1H/t19-;/m1./s1. The van der Waals surface area contributed by atoms with E-state index in [4.69, 9.17) is 10.5 Å². The van der Waals surface area contributed by atoms with E-state index >= 15 is 0 Å². The van der Waals surface area contributed by atoms with E-state index < -0.39 is 23.6 Å². The second-order valence-electron chi connectivity index (χ2n) is 7.22. The van der Waals surface area contributed by atoms with Gasteiger partial charge in [0, 0.05) is 12.1 Å². The number of primary amides is 1. The molecule has 0 saturated carbocycles. The summed E-state index contributed by atoms with van der Waals surface area (Å²) in [6.07, 6.45) is 0.647. The van der Waals surface area contributed by atoms with Gasteiger partial charge in [0.15, 0.2) is 0 Å². The summed E-state index contributed by atoms with van der Waals surface area (Å²) in [7, 11) is 0. The number of nitrogens with two attached hydrogens (primary N) is 1. The highest BCUT2D eigenvalue weighted by Crippen LogP contribution is 2.21. The van der Waals surface area contributed by atoms with Crippen molar-refractivity contribution >= 4 is 24.4 Å². The first-order valence-electron chi connectivity index (χ1n) is 9.45. The highest BCUT2D eigenvalue weighted by molar-refractivity contribution is 5.85. The Morgan fingerprint density at radius 3 is 2.21 bits per heavy atom. The molecule has 0 heterocycles. The van der Waals surface area contributed by atoms with Crippen LogP contribution in [0.15, 0.2) is 60.7 Å². The van der Waals surface area contributed by atoms with Gasteiger partial charge in [-0.2, -0.15) is 0 Å². The van der Waals surface area contributed by atoms with Crippen LogP contribution >= 0.6 is 12.4 Å². The van der Waals surface area contributed by atoms with Gasteiger partial charge in [-0.25, -0.2) is 4.79 Å². The lowest BCUT2D eigenvalue weighted by atomic mass is 9.92. The molecule has 7 heteroatoms. The molecule has 2 aromatic rings. The van der Waals surface area contributed by atoms with Crippen LogP contribution in [0.1, 0.15) is 37.8 Å². The molecule has 2 aromatic carbocycles. The molecule has 0 radical (unpaired) electrons. The van der Waals surface area contributed by atoms with Crippen LogP contribution in [-0.2, 0) is 21.7 Å². The summed E-state index contributed by atoms with van der Waals surface area (Å²) < 4.78 is 5.16. The third kappa shape index (κ3) is 8.54. The van der Waals surface area contributed by atoms with Crippen LogP contribution in [0.25, 0.3) is 0 Å². The van der Waals surface area contributed by atoms with Crippen molar-refractivity contribution in [2.45, 2.75) is 44.9 Å². The van der Waals surface area contributed by atoms with Crippen molar-refractivity contribution in [2.24, 2.45) is 5.73 Å². The maximum Gasteiger partial charge on any atom is 0.407 e. The van der Waals surface area contributed by atoms with E-state index in [1.807, 2.05) is 74.5 Å². The van der Waals surface area contributed by atoms with Gasteiger partial charge in [-0.15, -0.1) is 12.4 Å². The first-order valence-corrected chi connectivity index (χ1v) is 9.45. The lowest BCUT2D eigenvalue weighted by molar-refractivity contribution is -0.120. The Bertz CT molecular complexity index is 754. The van der Waals surface area contributed by atoms with E-state index in [0.717, 1.165) is 11.1 Å². The van der Waals surface area contributed by atoms with Crippen molar-refractivity contribution in [3.63, 3.8) is 0 Å². The van der Waals surface area contributed by atoms with E-state index in [2.05, 4.69) is 10.6 Å². The Morgan fingerprint density at radius 2 is 1.62 bits per heavy atom. The van der Waals surface area contributed by atoms with Crippen LogP contribution in [0.3, 0.4) is 0 Å². The van der Waals surface area contributed by atoms with Crippen molar-refractivity contribution in [2.75, 3.05) is 6.54 Å². The lowest BCUT2D eigenvalue weighted by Gasteiger charge is -2.31. The summed E-state index contributed by atoms with van der Waals surface area (Å²) in [6, 6.07) is 18.9. The van der Waals surface area contributed by atoms with Gasteiger partial charge in [-0.05, 0) is 37.8 Å². The summed E-state index contributed by atoms with van der Waals surface area (Å²) in [4.78, 5) is 23.6. The molecule has 0 fully saturated rings. The Kier molecular flexibility index (Phi) is 10.2. The Balaban J connectivity index is 0.00000420. The van der Waals surface area contributed by atoms with Gasteiger partial charge >= 0.3 is 6.09 Å². The zero-order valence-corrected chi connectivity index (χ0v) is 17.7. The molecule has 1 atom stereocenters. The Labute approximate surface area is 178 Å². The van der Waals surface area contributed by atoms with Crippen LogP contribution in [0.4, 0.5) is 4.79 Å². The number of halogens is 1. The fraction of sp³-hybridized carbons (Fsp3) is 0.364. The predicted molar refractivity (Wildman–Crippen MR) is 117 cm³/mol. The molecule has 29 heavy (non-hydrogen) atoms. The minimum atomic E-state index is -0.489. The molecule has 2 amide bonds. The van der Waals surface area contributed by atoms with Gasteiger partial charge in [0.2, 0.25) is 5.91 Å². The largest absolute Gasteiger partial charge is 0.445 e. The van der Waals surface area contributed by atoms with Crippen molar-refractivity contribution in [1.82, 2.24) is 10.6 Å². The van der Waals surface area contributed by atoms with Crippen LogP contribution in [0, 0.1) is 0 Å². The summed E-state index contributed by atoms with van der Waals surface area (Å²) in [5.74, 6) is -0.407. The average molecular weight is 420 g/mol. The van der Waals surface area contributed by atoms with Crippen LogP contribution in [0.2, 0.25) is 0 Å². The molecule has 0 unspecified atom stereocenters. The summed E-state index contributed by atoms with van der Waals surface area (Å²) in [5, 5.41) is 6.03. The van der Waals surface area contributed by atoms with Crippen LogP contribution in [-0.4, -0.2) is 24.6 Å². The number of rotatable bonds is 10. The average Bonchev–Trinajstić information content (AvgIpc) is 2.70. The first-order chi connectivity index (χ1) is 13.4. The molecule has 158 valence electrons. The van der Waals surface area contributed by atoms with Gasteiger partial charge in [0.1, 0.15) is 6.61 Å². The van der Waals surface area contributed by atoms with E-state index in [-0.39, 0.29) is 19.0 Å². The van der Waals surface area contributed by atoms with Gasteiger partial charge in [-0.3, -0.25) is 10.1 Å². The van der Waals surface area contributed by atoms with Crippen molar-refractivity contribution in [1.29, 1.82) is 0 Å². The fourth-order valence-corrected chi connectivity index (χ4v) is 2.93. The third-order valence-corrected chi connectivity index (χ3v) is 4.53. The van der Waals surface area contributed by atoms with Crippen molar-refractivity contribution < 1.29 is 14.3 Å². The SMILES string of the molecule is CC(C)(N[C@H](CCCNC(=O)OCc1ccccc1)C(N)=O)c1ccccc1.Cl. The lowest BCUT2D eigenvalue weighted by Crippen LogP contribution is -2.50. The molecule has 0 spiro atoms. The number of hydrogen-bond donors (Lipinski definition) is 3. The molecule has 4 N–H and O–H groups in total. The summed E-state index contributed by atoms with van der Waals surface area (Å²) >= 11 is 0. The van der Waals surface area contributed by atoms with Gasteiger partial charge in [0.05, 0.1) is 6.04 Å². The minimum Gasteiger partial charge on any atom is -0.445 e. The number of carbonyl (C=O) groups is 2.